The third kappa shape index (κ3) is 4.24. The molecule has 1 saturated carbocycles. The standard InChI is InChI=1S/C26H23FN6O2S/c1-16-22(13-31-33(16)21-4-6-26(35,15-34)7-5-21)18-9-24(25-19(11-29)12-30-32(25)14-18)36-23-3-2-20(27)8-17(23)10-28/h2-3,8-9,12-14,21,34-35H,4-7,15H2,1H3/t21-,26+. The molecule has 1 fully saturated rings. The Morgan fingerprint density at radius 3 is 2.56 bits per heavy atom. The molecule has 0 aliphatic heterocycles. The predicted molar refractivity (Wildman–Crippen MR) is 131 cm³/mol. The topological polar surface area (TPSA) is 123 Å². The fraction of sp³-hybridized carbons (Fsp3) is 0.308. The highest BCUT2D eigenvalue weighted by atomic mass is 32.2. The number of hydrogen-bond acceptors (Lipinski definition) is 7. The molecule has 0 atom stereocenters. The second-order valence-corrected chi connectivity index (χ2v) is 10.2. The summed E-state index contributed by atoms with van der Waals surface area (Å²) in [6.45, 7) is 1.75. The van der Waals surface area contributed by atoms with Gasteiger partial charge in [-0.1, -0.05) is 11.8 Å². The highest BCUT2D eigenvalue weighted by Crippen LogP contribution is 2.39. The SMILES string of the molecule is Cc1c(-c2cc(Sc3ccc(F)cc3C#N)c3c(C#N)cnn3c2)cnn1[C@H]1CC[C@](O)(CO)CC1. The van der Waals surface area contributed by atoms with Crippen molar-refractivity contribution in [3.8, 4) is 23.3 Å². The molecule has 1 aromatic carbocycles. The summed E-state index contributed by atoms with van der Waals surface area (Å²) in [7, 11) is 0. The summed E-state index contributed by atoms with van der Waals surface area (Å²) in [6.07, 6.45) is 7.59. The lowest BCUT2D eigenvalue weighted by Crippen LogP contribution is -2.38. The first-order valence-electron chi connectivity index (χ1n) is 11.5. The monoisotopic (exact) mass is 502 g/mol. The van der Waals surface area contributed by atoms with Crippen LogP contribution in [0.1, 0.15) is 48.5 Å². The number of rotatable bonds is 5. The van der Waals surface area contributed by atoms with E-state index in [4.69, 9.17) is 0 Å². The Morgan fingerprint density at radius 1 is 1.11 bits per heavy atom. The van der Waals surface area contributed by atoms with Gasteiger partial charge < -0.3 is 10.2 Å². The first kappa shape index (κ1) is 24.0. The van der Waals surface area contributed by atoms with Crippen molar-refractivity contribution in [2.24, 2.45) is 0 Å². The molecule has 4 aromatic rings. The second kappa shape index (κ2) is 9.40. The van der Waals surface area contributed by atoms with Crippen molar-refractivity contribution in [1.29, 1.82) is 10.5 Å². The molecule has 0 spiro atoms. The Labute approximate surface area is 211 Å². The van der Waals surface area contributed by atoms with Crippen LogP contribution in [0.15, 0.2) is 52.6 Å². The van der Waals surface area contributed by atoms with Crippen LogP contribution in [0.4, 0.5) is 4.39 Å². The summed E-state index contributed by atoms with van der Waals surface area (Å²) < 4.78 is 17.3. The third-order valence-electron chi connectivity index (χ3n) is 6.86. The summed E-state index contributed by atoms with van der Waals surface area (Å²) in [6, 6.07) is 10.3. The molecule has 182 valence electrons. The van der Waals surface area contributed by atoms with Crippen molar-refractivity contribution in [2.75, 3.05) is 6.61 Å². The minimum Gasteiger partial charge on any atom is -0.393 e. The fourth-order valence-corrected chi connectivity index (χ4v) is 5.88. The molecule has 1 aliphatic rings. The Kier molecular flexibility index (Phi) is 6.27. The van der Waals surface area contributed by atoms with Crippen LogP contribution < -0.4 is 0 Å². The van der Waals surface area contributed by atoms with Crippen LogP contribution in [0.5, 0.6) is 0 Å². The number of nitriles is 2. The fourth-order valence-electron chi connectivity index (χ4n) is 4.81. The van der Waals surface area contributed by atoms with Gasteiger partial charge in [0.2, 0.25) is 0 Å². The molecular formula is C26H23FN6O2S. The van der Waals surface area contributed by atoms with Crippen molar-refractivity contribution in [3.63, 3.8) is 0 Å². The maximum absolute atomic E-state index is 13.7. The van der Waals surface area contributed by atoms with Gasteiger partial charge in [0.15, 0.2) is 0 Å². The van der Waals surface area contributed by atoms with Gasteiger partial charge in [-0.25, -0.2) is 8.91 Å². The molecule has 0 radical (unpaired) electrons. The van der Waals surface area contributed by atoms with E-state index in [2.05, 4.69) is 16.3 Å². The van der Waals surface area contributed by atoms with Gasteiger partial charge in [-0.15, -0.1) is 0 Å². The van der Waals surface area contributed by atoms with E-state index in [-0.39, 0.29) is 18.2 Å². The van der Waals surface area contributed by atoms with Gasteiger partial charge in [0.05, 0.1) is 47.3 Å². The lowest BCUT2D eigenvalue weighted by atomic mass is 9.83. The molecule has 8 nitrogen and oxygen atoms in total. The smallest absolute Gasteiger partial charge is 0.124 e. The number of aliphatic hydroxyl groups is 2. The molecule has 1 aliphatic carbocycles. The first-order chi connectivity index (χ1) is 17.4. The minimum absolute atomic E-state index is 0.121. The molecule has 0 saturated heterocycles. The molecule has 0 bridgehead atoms. The number of fused-ring (bicyclic) bond motifs is 1. The molecular weight excluding hydrogens is 479 g/mol. The van der Waals surface area contributed by atoms with Crippen molar-refractivity contribution in [3.05, 3.63) is 65.5 Å². The number of benzene rings is 1. The van der Waals surface area contributed by atoms with Crippen molar-refractivity contribution in [1.82, 2.24) is 19.4 Å². The van der Waals surface area contributed by atoms with Crippen LogP contribution in [-0.2, 0) is 0 Å². The van der Waals surface area contributed by atoms with Gasteiger partial charge in [0.1, 0.15) is 18.0 Å². The van der Waals surface area contributed by atoms with E-state index < -0.39 is 11.4 Å². The van der Waals surface area contributed by atoms with E-state index in [1.54, 1.807) is 16.8 Å². The van der Waals surface area contributed by atoms with Gasteiger partial charge in [0.25, 0.3) is 0 Å². The van der Waals surface area contributed by atoms with E-state index in [0.717, 1.165) is 16.8 Å². The zero-order chi connectivity index (χ0) is 25.4. The highest BCUT2D eigenvalue weighted by Gasteiger charge is 2.34. The molecule has 2 N–H and O–H groups in total. The highest BCUT2D eigenvalue weighted by molar-refractivity contribution is 7.99. The minimum atomic E-state index is -1.02. The molecule has 0 amide bonds. The molecule has 3 aromatic heterocycles. The number of aromatic nitrogens is 4. The Morgan fingerprint density at radius 2 is 1.86 bits per heavy atom. The van der Waals surface area contributed by atoms with Gasteiger partial charge >= 0.3 is 0 Å². The van der Waals surface area contributed by atoms with Crippen molar-refractivity contribution >= 4 is 17.3 Å². The maximum Gasteiger partial charge on any atom is 0.124 e. The zero-order valence-electron chi connectivity index (χ0n) is 19.5. The lowest BCUT2D eigenvalue weighted by Gasteiger charge is -2.35. The normalized spacial score (nSPS) is 19.8. The molecule has 5 rings (SSSR count). The van der Waals surface area contributed by atoms with E-state index >= 15 is 0 Å². The average Bonchev–Trinajstić information content (AvgIpc) is 3.48. The number of pyridine rings is 1. The molecule has 10 heteroatoms. The van der Waals surface area contributed by atoms with Crippen LogP contribution in [0, 0.1) is 35.4 Å². The lowest BCUT2D eigenvalue weighted by molar-refractivity contribution is -0.0512. The number of hydrogen-bond donors (Lipinski definition) is 2. The van der Waals surface area contributed by atoms with Crippen LogP contribution in [0.25, 0.3) is 16.6 Å². The van der Waals surface area contributed by atoms with Gasteiger partial charge in [-0.2, -0.15) is 20.7 Å². The average molecular weight is 503 g/mol. The van der Waals surface area contributed by atoms with Crippen LogP contribution in [0.2, 0.25) is 0 Å². The van der Waals surface area contributed by atoms with E-state index in [1.807, 2.05) is 29.9 Å². The summed E-state index contributed by atoms with van der Waals surface area (Å²) in [5, 5.41) is 48.0. The molecule has 36 heavy (non-hydrogen) atoms. The Bertz CT molecular complexity index is 1540. The van der Waals surface area contributed by atoms with Crippen LogP contribution in [-0.4, -0.2) is 41.8 Å². The second-order valence-electron chi connectivity index (χ2n) is 9.11. The summed E-state index contributed by atoms with van der Waals surface area (Å²) in [4.78, 5) is 1.29. The zero-order valence-corrected chi connectivity index (χ0v) is 20.3. The van der Waals surface area contributed by atoms with Crippen molar-refractivity contribution in [2.45, 2.75) is 54.0 Å². The number of nitrogens with zero attached hydrogens (tertiary/aromatic N) is 6. The quantitative estimate of drug-likeness (QED) is 0.415. The Balaban J connectivity index is 1.55. The van der Waals surface area contributed by atoms with Gasteiger partial charge in [-0.05, 0) is 56.9 Å². The maximum atomic E-state index is 13.7. The van der Waals surface area contributed by atoms with Gasteiger partial charge in [-0.3, -0.25) is 4.68 Å². The number of halogens is 1. The molecule has 0 unspecified atom stereocenters. The van der Waals surface area contributed by atoms with Crippen LogP contribution >= 0.6 is 11.8 Å². The number of aliphatic hydroxyl groups excluding tert-OH is 1. The molecule has 3 heterocycles. The summed E-state index contributed by atoms with van der Waals surface area (Å²) in [5.41, 5.74) is 2.90. The predicted octanol–water partition coefficient (Wildman–Crippen LogP) is 4.38. The van der Waals surface area contributed by atoms with Crippen LogP contribution in [0.3, 0.4) is 0 Å². The van der Waals surface area contributed by atoms with Crippen molar-refractivity contribution < 1.29 is 14.6 Å². The van der Waals surface area contributed by atoms with E-state index in [9.17, 15) is 25.1 Å². The summed E-state index contributed by atoms with van der Waals surface area (Å²) >= 11 is 1.28. The summed E-state index contributed by atoms with van der Waals surface area (Å²) in [5.74, 6) is -0.486. The van der Waals surface area contributed by atoms with Gasteiger partial charge in [0, 0.05) is 32.8 Å². The van der Waals surface area contributed by atoms with E-state index in [1.165, 1.54) is 30.1 Å². The third-order valence-corrected chi connectivity index (χ3v) is 7.97. The Hall–Kier alpha value is -3.70. The largest absolute Gasteiger partial charge is 0.393 e. The van der Waals surface area contributed by atoms with E-state index in [0.29, 0.717) is 46.6 Å². The first-order valence-corrected chi connectivity index (χ1v) is 12.3.